The first-order valence-corrected chi connectivity index (χ1v) is 11.9. The topological polar surface area (TPSA) is 56.6 Å². The molecule has 0 bridgehead atoms. The summed E-state index contributed by atoms with van der Waals surface area (Å²) in [6.45, 7) is 2.07. The molecule has 32 heavy (non-hydrogen) atoms. The van der Waals surface area contributed by atoms with Crippen LogP contribution in [-0.2, 0) is 22.6 Å². The molecule has 3 aromatic rings. The number of imidazole rings is 1. The zero-order valence-corrected chi connectivity index (χ0v) is 19.4. The summed E-state index contributed by atoms with van der Waals surface area (Å²) in [4.78, 5) is 19.2. The molecule has 1 fully saturated rings. The molecule has 1 aromatic heterocycles. The molecule has 0 aliphatic carbocycles. The molecule has 168 valence electrons. The molecule has 7 heteroatoms. The van der Waals surface area contributed by atoms with Crippen molar-refractivity contribution in [3.8, 4) is 17.0 Å². The molecule has 1 aliphatic rings. The van der Waals surface area contributed by atoms with E-state index in [0.717, 1.165) is 53.7 Å². The zero-order chi connectivity index (χ0) is 22.3. The quantitative estimate of drug-likeness (QED) is 0.449. The van der Waals surface area contributed by atoms with Gasteiger partial charge in [0.1, 0.15) is 5.75 Å². The van der Waals surface area contributed by atoms with Crippen LogP contribution in [0.15, 0.2) is 66.0 Å². The maximum atomic E-state index is 12.9. The highest BCUT2D eigenvalue weighted by Crippen LogP contribution is 2.28. The summed E-state index contributed by atoms with van der Waals surface area (Å²) >= 11 is 1.48. The fraction of sp³-hybridized carbons (Fsp3) is 0.360. The monoisotopic (exact) mass is 451 g/mol. The third kappa shape index (κ3) is 5.34. The zero-order valence-electron chi connectivity index (χ0n) is 18.6. The van der Waals surface area contributed by atoms with Gasteiger partial charge in [-0.1, -0.05) is 60.3 Å². The Labute approximate surface area is 193 Å². The SMILES string of the molecule is COc1ccccc1CN(C)C(=O)CSc1ncc(-c2ccccc2)n1CC1CCCO1. The van der Waals surface area contributed by atoms with Gasteiger partial charge in [0.2, 0.25) is 5.91 Å². The molecule has 1 unspecified atom stereocenters. The predicted molar refractivity (Wildman–Crippen MR) is 127 cm³/mol. The van der Waals surface area contributed by atoms with E-state index in [0.29, 0.717) is 12.3 Å². The summed E-state index contributed by atoms with van der Waals surface area (Å²) in [6.07, 6.45) is 4.23. The Balaban J connectivity index is 1.46. The number of thioether (sulfide) groups is 1. The number of methoxy groups -OCH3 is 1. The molecule has 0 radical (unpaired) electrons. The maximum absolute atomic E-state index is 12.9. The van der Waals surface area contributed by atoms with Gasteiger partial charge >= 0.3 is 0 Å². The lowest BCUT2D eigenvalue weighted by atomic mass is 10.1. The molecule has 1 atom stereocenters. The highest BCUT2D eigenvalue weighted by Gasteiger charge is 2.21. The smallest absolute Gasteiger partial charge is 0.233 e. The molecule has 1 amide bonds. The van der Waals surface area contributed by atoms with Crippen molar-refractivity contribution in [3.63, 3.8) is 0 Å². The first-order chi connectivity index (χ1) is 15.7. The van der Waals surface area contributed by atoms with E-state index in [1.807, 2.05) is 55.7 Å². The number of para-hydroxylation sites is 1. The Morgan fingerprint density at radius 2 is 2.00 bits per heavy atom. The number of ether oxygens (including phenoxy) is 2. The van der Waals surface area contributed by atoms with Crippen molar-refractivity contribution in [3.05, 3.63) is 66.4 Å². The van der Waals surface area contributed by atoms with Crippen LogP contribution in [0.3, 0.4) is 0 Å². The van der Waals surface area contributed by atoms with Crippen molar-refractivity contribution in [1.29, 1.82) is 0 Å². The number of carbonyl (C=O) groups excluding carboxylic acids is 1. The van der Waals surface area contributed by atoms with E-state index < -0.39 is 0 Å². The van der Waals surface area contributed by atoms with E-state index >= 15 is 0 Å². The van der Waals surface area contributed by atoms with Crippen LogP contribution in [-0.4, -0.2) is 53.0 Å². The third-order valence-corrected chi connectivity index (χ3v) is 6.62. The lowest BCUT2D eigenvalue weighted by Crippen LogP contribution is -2.28. The minimum Gasteiger partial charge on any atom is -0.496 e. The van der Waals surface area contributed by atoms with Gasteiger partial charge in [-0.25, -0.2) is 4.98 Å². The molecule has 6 nitrogen and oxygen atoms in total. The molecular weight excluding hydrogens is 422 g/mol. The fourth-order valence-electron chi connectivity index (χ4n) is 3.90. The molecule has 2 heterocycles. The van der Waals surface area contributed by atoms with Gasteiger partial charge in [-0.05, 0) is 24.5 Å². The molecule has 0 saturated carbocycles. The largest absolute Gasteiger partial charge is 0.496 e. The van der Waals surface area contributed by atoms with Gasteiger partial charge in [0.05, 0.1) is 37.4 Å². The van der Waals surface area contributed by atoms with E-state index in [4.69, 9.17) is 9.47 Å². The Bertz CT molecular complexity index is 1030. The van der Waals surface area contributed by atoms with Crippen LogP contribution in [0, 0.1) is 0 Å². The predicted octanol–water partition coefficient (Wildman–Crippen LogP) is 4.49. The van der Waals surface area contributed by atoms with Crippen molar-refractivity contribution in [2.45, 2.75) is 37.2 Å². The van der Waals surface area contributed by atoms with Gasteiger partial charge in [-0.3, -0.25) is 4.79 Å². The second-order valence-electron chi connectivity index (χ2n) is 7.89. The third-order valence-electron chi connectivity index (χ3n) is 5.65. The van der Waals surface area contributed by atoms with Crippen LogP contribution in [0.5, 0.6) is 5.75 Å². The molecule has 1 saturated heterocycles. The number of rotatable bonds is 9. The lowest BCUT2D eigenvalue weighted by molar-refractivity contribution is -0.127. The van der Waals surface area contributed by atoms with Gasteiger partial charge < -0.3 is 18.9 Å². The molecule has 2 aromatic carbocycles. The molecule has 0 spiro atoms. The Morgan fingerprint density at radius 3 is 2.75 bits per heavy atom. The Morgan fingerprint density at radius 1 is 1.22 bits per heavy atom. The minimum absolute atomic E-state index is 0.0498. The fourth-order valence-corrected chi connectivity index (χ4v) is 4.82. The first kappa shape index (κ1) is 22.4. The van der Waals surface area contributed by atoms with Gasteiger partial charge in [0, 0.05) is 25.8 Å². The summed E-state index contributed by atoms with van der Waals surface area (Å²) in [5.74, 6) is 1.16. The first-order valence-electron chi connectivity index (χ1n) is 10.9. The second-order valence-corrected chi connectivity index (χ2v) is 8.83. The van der Waals surface area contributed by atoms with Gasteiger partial charge in [-0.2, -0.15) is 0 Å². The average Bonchev–Trinajstić information content (AvgIpc) is 3.49. The number of aromatic nitrogens is 2. The van der Waals surface area contributed by atoms with E-state index in [1.165, 1.54) is 11.8 Å². The Hall–Kier alpha value is -2.77. The average molecular weight is 452 g/mol. The number of nitrogens with zero attached hydrogens (tertiary/aromatic N) is 3. The number of amides is 1. The van der Waals surface area contributed by atoms with Gasteiger partial charge in [0.15, 0.2) is 5.16 Å². The second kappa shape index (κ2) is 10.7. The van der Waals surface area contributed by atoms with Crippen LogP contribution >= 0.6 is 11.8 Å². The standard InChI is InChI=1S/C25H29N3O3S/c1-27(16-20-11-6-7-13-23(20)30-2)24(29)18-32-25-26-15-22(19-9-4-3-5-10-19)28(25)17-21-12-8-14-31-21/h3-7,9-11,13,15,21H,8,12,14,16-18H2,1-2H3. The lowest BCUT2D eigenvalue weighted by Gasteiger charge is -2.19. The van der Waals surface area contributed by atoms with Crippen molar-refractivity contribution in [2.24, 2.45) is 0 Å². The van der Waals surface area contributed by atoms with Crippen LogP contribution in [0.4, 0.5) is 0 Å². The van der Waals surface area contributed by atoms with Crippen LogP contribution < -0.4 is 4.74 Å². The molecule has 0 N–H and O–H groups in total. The van der Waals surface area contributed by atoms with Crippen molar-refractivity contribution in [1.82, 2.24) is 14.5 Å². The summed E-state index contributed by atoms with van der Waals surface area (Å²) in [7, 11) is 3.47. The Kier molecular flexibility index (Phi) is 7.50. The summed E-state index contributed by atoms with van der Waals surface area (Å²) in [5.41, 5.74) is 3.16. The highest BCUT2D eigenvalue weighted by atomic mass is 32.2. The number of hydrogen-bond donors (Lipinski definition) is 0. The number of benzene rings is 2. The van der Waals surface area contributed by atoms with Crippen molar-refractivity contribution < 1.29 is 14.3 Å². The van der Waals surface area contributed by atoms with Gasteiger partial charge in [0.25, 0.3) is 0 Å². The highest BCUT2D eigenvalue weighted by molar-refractivity contribution is 7.99. The number of hydrogen-bond acceptors (Lipinski definition) is 5. The van der Waals surface area contributed by atoms with Crippen molar-refractivity contribution in [2.75, 3.05) is 26.5 Å². The molecule has 1 aliphatic heterocycles. The minimum atomic E-state index is 0.0498. The van der Waals surface area contributed by atoms with Crippen molar-refractivity contribution >= 4 is 17.7 Å². The van der Waals surface area contributed by atoms with Crippen LogP contribution in [0.25, 0.3) is 11.3 Å². The maximum Gasteiger partial charge on any atom is 0.233 e. The normalized spacial score (nSPS) is 15.6. The molecular formula is C25H29N3O3S. The summed E-state index contributed by atoms with van der Waals surface area (Å²) < 4.78 is 13.5. The van der Waals surface area contributed by atoms with Gasteiger partial charge in [-0.15, -0.1) is 0 Å². The van der Waals surface area contributed by atoms with E-state index in [-0.39, 0.29) is 12.0 Å². The summed E-state index contributed by atoms with van der Waals surface area (Å²) in [6, 6.07) is 18.0. The van der Waals surface area contributed by atoms with E-state index in [2.05, 4.69) is 21.7 Å². The van der Waals surface area contributed by atoms with E-state index in [9.17, 15) is 4.79 Å². The number of carbonyl (C=O) groups is 1. The molecule has 4 rings (SSSR count). The van der Waals surface area contributed by atoms with Crippen LogP contribution in [0.1, 0.15) is 18.4 Å². The van der Waals surface area contributed by atoms with Crippen LogP contribution in [0.2, 0.25) is 0 Å². The van der Waals surface area contributed by atoms with E-state index in [1.54, 1.807) is 12.0 Å². The summed E-state index contributed by atoms with van der Waals surface area (Å²) in [5, 5.41) is 0.846.